The molecule has 150 valence electrons. The molecule has 0 bridgehead atoms. The van der Waals surface area contributed by atoms with Gasteiger partial charge in [-0.3, -0.25) is 4.79 Å². The van der Waals surface area contributed by atoms with E-state index in [9.17, 15) is 9.59 Å². The number of hydrogen-bond acceptors (Lipinski definition) is 4. The second-order valence-electron chi connectivity index (χ2n) is 8.79. The van der Waals surface area contributed by atoms with E-state index < -0.39 is 0 Å². The van der Waals surface area contributed by atoms with E-state index in [2.05, 4.69) is 45.1 Å². The van der Waals surface area contributed by atoms with Gasteiger partial charge in [0.2, 0.25) is 5.91 Å². The van der Waals surface area contributed by atoms with Crippen molar-refractivity contribution in [2.24, 2.45) is 11.3 Å². The highest BCUT2D eigenvalue weighted by molar-refractivity contribution is 7.20. The number of rotatable bonds is 6. The minimum Gasteiger partial charge on any atom is -0.462 e. The Morgan fingerprint density at radius 3 is 2.64 bits per heavy atom. The number of esters is 1. The van der Waals surface area contributed by atoms with E-state index in [1.54, 1.807) is 6.92 Å². The quantitative estimate of drug-likeness (QED) is 0.525. The Morgan fingerprint density at radius 2 is 1.96 bits per heavy atom. The predicted molar refractivity (Wildman–Crippen MR) is 115 cm³/mol. The van der Waals surface area contributed by atoms with Crippen molar-refractivity contribution >= 4 is 28.2 Å². The summed E-state index contributed by atoms with van der Waals surface area (Å²) in [5.74, 6) is -0.125. The number of benzene rings is 1. The number of anilines is 1. The molecule has 2 aromatic rings. The van der Waals surface area contributed by atoms with E-state index in [-0.39, 0.29) is 23.2 Å². The van der Waals surface area contributed by atoms with Crippen LogP contribution in [0.4, 0.5) is 5.00 Å². The van der Waals surface area contributed by atoms with Gasteiger partial charge in [-0.2, -0.15) is 0 Å². The van der Waals surface area contributed by atoms with Crippen LogP contribution in [0.2, 0.25) is 0 Å². The van der Waals surface area contributed by atoms with Gasteiger partial charge >= 0.3 is 5.97 Å². The average Bonchev–Trinajstić information content (AvgIpc) is 3.08. The minimum absolute atomic E-state index is 0.0458. The van der Waals surface area contributed by atoms with Crippen LogP contribution in [0.3, 0.4) is 0 Å². The third-order valence-electron chi connectivity index (χ3n) is 4.86. The summed E-state index contributed by atoms with van der Waals surface area (Å²) >= 11 is 1.48. The van der Waals surface area contributed by atoms with Crippen LogP contribution in [0.15, 0.2) is 24.3 Å². The molecule has 4 nitrogen and oxygen atoms in total. The van der Waals surface area contributed by atoms with Gasteiger partial charge in [0.05, 0.1) is 12.2 Å². The second kappa shape index (κ2) is 8.08. The molecule has 28 heavy (non-hydrogen) atoms. The van der Waals surface area contributed by atoms with Crippen molar-refractivity contribution in [3.8, 4) is 10.4 Å². The lowest BCUT2D eigenvalue weighted by atomic mass is 9.84. The van der Waals surface area contributed by atoms with Crippen LogP contribution in [0, 0.1) is 11.3 Å². The highest BCUT2D eigenvalue weighted by Gasteiger charge is 2.31. The largest absolute Gasteiger partial charge is 0.462 e. The lowest BCUT2D eigenvalue weighted by Crippen LogP contribution is -2.20. The van der Waals surface area contributed by atoms with Crippen LogP contribution in [0.25, 0.3) is 10.4 Å². The van der Waals surface area contributed by atoms with Crippen LogP contribution in [-0.4, -0.2) is 18.5 Å². The summed E-state index contributed by atoms with van der Waals surface area (Å²) in [6.07, 6.45) is 2.12. The molecule has 0 aliphatic heterocycles. The monoisotopic (exact) mass is 399 g/mol. The molecule has 1 aliphatic rings. The van der Waals surface area contributed by atoms with Gasteiger partial charge in [0.15, 0.2) is 0 Å². The van der Waals surface area contributed by atoms with Crippen molar-refractivity contribution in [2.45, 2.75) is 53.9 Å². The molecule has 1 N–H and O–H groups in total. The van der Waals surface area contributed by atoms with Crippen LogP contribution in [0.1, 0.15) is 68.9 Å². The Morgan fingerprint density at radius 1 is 1.25 bits per heavy atom. The fourth-order valence-corrected chi connectivity index (χ4v) is 5.34. The molecular weight excluding hydrogens is 370 g/mol. The highest BCUT2D eigenvalue weighted by Crippen LogP contribution is 2.47. The molecular formula is C23H29NO3S. The molecule has 0 saturated carbocycles. The minimum atomic E-state index is -0.356. The smallest absolute Gasteiger partial charge is 0.341 e. The fourth-order valence-electron chi connectivity index (χ4n) is 4.06. The maximum absolute atomic E-state index is 12.7. The molecule has 1 amide bonds. The molecule has 3 rings (SSSR count). The van der Waals surface area contributed by atoms with Gasteiger partial charge in [-0.05, 0) is 41.4 Å². The number of fused-ring (bicyclic) bond motifs is 3. The second-order valence-corrected chi connectivity index (χ2v) is 9.81. The van der Waals surface area contributed by atoms with E-state index in [4.69, 9.17) is 4.74 Å². The summed E-state index contributed by atoms with van der Waals surface area (Å²) in [6, 6.07) is 8.18. The zero-order valence-electron chi connectivity index (χ0n) is 17.3. The van der Waals surface area contributed by atoms with E-state index >= 15 is 0 Å². The summed E-state index contributed by atoms with van der Waals surface area (Å²) in [5.41, 5.74) is 4.04. The standard InChI is InChI=1S/C23H29NO3S/c1-6-27-22(26)19-17-12-15-9-7-8-10-16(15)20(17)28-21(19)24-18(25)11-14(2)13-23(3,4)5/h7-10,14H,6,11-13H2,1-5H3,(H,24,25)/t14-/m0/s1. The average molecular weight is 400 g/mol. The Kier molecular flexibility index (Phi) is 5.94. The lowest BCUT2D eigenvalue weighted by Gasteiger charge is -2.22. The summed E-state index contributed by atoms with van der Waals surface area (Å²) in [4.78, 5) is 26.4. The maximum Gasteiger partial charge on any atom is 0.341 e. The first-order chi connectivity index (χ1) is 13.2. The normalized spacial score (nSPS) is 13.6. The molecule has 1 heterocycles. The van der Waals surface area contributed by atoms with Crippen molar-refractivity contribution in [3.63, 3.8) is 0 Å². The summed E-state index contributed by atoms with van der Waals surface area (Å²) < 4.78 is 5.30. The molecule has 5 heteroatoms. The third kappa shape index (κ3) is 4.46. The van der Waals surface area contributed by atoms with Crippen LogP contribution >= 0.6 is 11.3 Å². The zero-order valence-corrected chi connectivity index (χ0v) is 18.2. The topological polar surface area (TPSA) is 55.4 Å². The first kappa shape index (κ1) is 20.6. The van der Waals surface area contributed by atoms with Gasteiger partial charge in [-0.25, -0.2) is 4.79 Å². The lowest BCUT2D eigenvalue weighted by molar-refractivity contribution is -0.117. The Labute approximate surface area is 171 Å². The van der Waals surface area contributed by atoms with Gasteiger partial charge in [0.25, 0.3) is 0 Å². The number of hydrogen-bond donors (Lipinski definition) is 1. The van der Waals surface area contributed by atoms with Gasteiger partial charge < -0.3 is 10.1 Å². The molecule has 1 aromatic carbocycles. The SMILES string of the molecule is CCOC(=O)c1c(NC(=O)C[C@H](C)CC(C)(C)C)sc2c1Cc1ccccc1-2. The van der Waals surface area contributed by atoms with Crippen molar-refractivity contribution in [1.82, 2.24) is 0 Å². The number of carbonyl (C=O) groups excluding carboxylic acids is 2. The Balaban J connectivity index is 1.85. The van der Waals surface area contributed by atoms with Crippen molar-refractivity contribution in [1.29, 1.82) is 0 Å². The molecule has 1 atom stereocenters. The van der Waals surface area contributed by atoms with Crippen LogP contribution in [0.5, 0.6) is 0 Å². The summed E-state index contributed by atoms with van der Waals surface area (Å²) in [6.45, 7) is 10.8. The van der Waals surface area contributed by atoms with Crippen molar-refractivity contribution in [2.75, 3.05) is 11.9 Å². The van der Waals surface area contributed by atoms with Gasteiger partial charge in [0, 0.05) is 17.7 Å². The molecule has 0 radical (unpaired) electrons. The molecule has 1 aromatic heterocycles. The number of nitrogens with one attached hydrogen (secondary N) is 1. The zero-order chi connectivity index (χ0) is 20.5. The van der Waals surface area contributed by atoms with E-state index in [1.807, 2.05) is 12.1 Å². The van der Waals surface area contributed by atoms with Crippen LogP contribution in [-0.2, 0) is 16.0 Å². The predicted octanol–water partition coefficient (Wildman–Crippen LogP) is 5.90. The van der Waals surface area contributed by atoms with E-state index in [0.717, 1.165) is 22.4 Å². The number of ether oxygens (including phenoxy) is 1. The first-order valence-electron chi connectivity index (χ1n) is 9.90. The van der Waals surface area contributed by atoms with Gasteiger partial charge in [-0.15, -0.1) is 11.3 Å². The van der Waals surface area contributed by atoms with E-state index in [0.29, 0.717) is 30.0 Å². The molecule has 0 saturated heterocycles. The molecule has 1 aliphatic carbocycles. The molecule has 0 fully saturated rings. The summed E-state index contributed by atoms with van der Waals surface area (Å²) in [7, 11) is 0. The first-order valence-corrected chi connectivity index (χ1v) is 10.7. The Hall–Kier alpha value is -2.14. The summed E-state index contributed by atoms with van der Waals surface area (Å²) in [5, 5.41) is 3.62. The third-order valence-corrected chi connectivity index (χ3v) is 6.04. The molecule has 0 unspecified atom stereocenters. The van der Waals surface area contributed by atoms with Crippen LogP contribution < -0.4 is 5.32 Å². The fraction of sp³-hybridized carbons (Fsp3) is 0.478. The maximum atomic E-state index is 12.7. The van der Waals surface area contributed by atoms with Gasteiger partial charge in [-0.1, -0.05) is 52.0 Å². The number of thiophene rings is 1. The van der Waals surface area contributed by atoms with E-state index in [1.165, 1.54) is 16.9 Å². The van der Waals surface area contributed by atoms with Gasteiger partial charge in [0.1, 0.15) is 5.00 Å². The number of carbonyl (C=O) groups is 2. The van der Waals surface area contributed by atoms with Crippen molar-refractivity contribution in [3.05, 3.63) is 41.0 Å². The number of amides is 1. The molecule has 0 spiro atoms. The van der Waals surface area contributed by atoms with Crippen molar-refractivity contribution < 1.29 is 14.3 Å². The Bertz CT molecular complexity index is 892. The highest BCUT2D eigenvalue weighted by atomic mass is 32.1.